The largest absolute Gasteiger partial charge is 0.493 e. The first-order chi connectivity index (χ1) is 9.41. The Morgan fingerprint density at radius 3 is 2.15 bits per heavy atom. The third-order valence-corrected chi connectivity index (χ3v) is 3.69. The van der Waals surface area contributed by atoms with Crippen LogP contribution in [0.15, 0.2) is 12.1 Å². The second-order valence-corrected chi connectivity index (χ2v) is 4.84. The molecule has 0 aromatic heterocycles. The Balaban J connectivity index is 3.07. The van der Waals surface area contributed by atoms with Crippen molar-refractivity contribution < 1.29 is 14.3 Å². The van der Waals surface area contributed by atoms with Gasteiger partial charge >= 0.3 is 0 Å². The van der Waals surface area contributed by atoms with Crippen LogP contribution in [0.4, 0.5) is 5.69 Å². The molecule has 1 aromatic rings. The Labute approximate surface area is 120 Å². The zero-order chi connectivity index (χ0) is 15.3. The van der Waals surface area contributed by atoms with Crippen LogP contribution in [0, 0.1) is 6.92 Å². The standard InChI is InChI=1S/C15H24N2O3/c1-6-15(16,7-2)14(18)17-11-9-13(20-5)12(19-4)8-10(11)3/h8-9H,6-7,16H2,1-5H3,(H,17,18). The van der Waals surface area contributed by atoms with E-state index in [9.17, 15) is 4.79 Å². The van der Waals surface area contributed by atoms with E-state index in [0.717, 1.165) is 5.56 Å². The van der Waals surface area contributed by atoms with Crippen molar-refractivity contribution in [1.82, 2.24) is 0 Å². The number of aryl methyl sites for hydroxylation is 1. The molecule has 3 N–H and O–H groups in total. The van der Waals surface area contributed by atoms with Crippen molar-refractivity contribution in [1.29, 1.82) is 0 Å². The van der Waals surface area contributed by atoms with Gasteiger partial charge in [-0.25, -0.2) is 0 Å². The molecule has 0 unspecified atom stereocenters. The molecular formula is C15H24N2O3. The molecule has 0 fully saturated rings. The van der Waals surface area contributed by atoms with Gasteiger partial charge in [0.2, 0.25) is 5.91 Å². The predicted octanol–water partition coefficient (Wildman–Crippen LogP) is 2.47. The Bertz CT molecular complexity index is 482. The molecule has 0 atom stereocenters. The van der Waals surface area contributed by atoms with Gasteiger partial charge in [-0.05, 0) is 31.4 Å². The van der Waals surface area contributed by atoms with E-state index < -0.39 is 5.54 Å². The highest BCUT2D eigenvalue weighted by Crippen LogP contribution is 2.33. The monoisotopic (exact) mass is 280 g/mol. The molecule has 0 aliphatic heterocycles. The number of amides is 1. The number of carbonyl (C=O) groups excluding carboxylic acids is 1. The second kappa shape index (κ2) is 6.61. The minimum Gasteiger partial charge on any atom is -0.493 e. The lowest BCUT2D eigenvalue weighted by Gasteiger charge is -2.26. The molecule has 0 aliphatic rings. The topological polar surface area (TPSA) is 73.6 Å². The zero-order valence-electron chi connectivity index (χ0n) is 12.9. The third-order valence-electron chi connectivity index (χ3n) is 3.69. The number of nitrogens with two attached hydrogens (primary N) is 1. The van der Waals surface area contributed by atoms with Gasteiger partial charge in [0, 0.05) is 11.8 Å². The van der Waals surface area contributed by atoms with Gasteiger partial charge in [0.25, 0.3) is 0 Å². The minimum absolute atomic E-state index is 0.183. The van der Waals surface area contributed by atoms with E-state index in [2.05, 4.69) is 5.32 Å². The van der Waals surface area contributed by atoms with Gasteiger partial charge in [-0.1, -0.05) is 13.8 Å². The molecule has 1 rings (SSSR count). The molecule has 112 valence electrons. The summed E-state index contributed by atoms with van der Waals surface area (Å²) in [5.74, 6) is 1.02. The molecule has 0 saturated carbocycles. The molecule has 5 nitrogen and oxygen atoms in total. The van der Waals surface area contributed by atoms with Crippen molar-refractivity contribution in [3.63, 3.8) is 0 Å². The quantitative estimate of drug-likeness (QED) is 0.839. The fourth-order valence-electron chi connectivity index (χ4n) is 1.93. The van der Waals surface area contributed by atoms with Gasteiger partial charge in [-0.3, -0.25) is 4.79 Å². The summed E-state index contributed by atoms with van der Waals surface area (Å²) in [4.78, 5) is 12.3. The summed E-state index contributed by atoms with van der Waals surface area (Å²) in [6, 6.07) is 3.57. The number of ether oxygens (including phenoxy) is 2. The molecule has 1 aromatic carbocycles. The average molecular weight is 280 g/mol. The van der Waals surface area contributed by atoms with Crippen LogP contribution >= 0.6 is 0 Å². The van der Waals surface area contributed by atoms with Gasteiger partial charge < -0.3 is 20.5 Å². The fourth-order valence-corrected chi connectivity index (χ4v) is 1.93. The van der Waals surface area contributed by atoms with Crippen LogP contribution in [0.1, 0.15) is 32.3 Å². The molecular weight excluding hydrogens is 256 g/mol. The molecule has 1 amide bonds. The summed E-state index contributed by atoms with van der Waals surface area (Å²) >= 11 is 0. The van der Waals surface area contributed by atoms with Crippen molar-refractivity contribution in [2.45, 2.75) is 39.2 Å². The molecule has 0 spiro atoms. The van der Waals surface area contributed by atoms with Crippen LogP contribution in [0.2, 0.25) is 0 Å². The number of benzene rings is 1. The van der Waals surface area contributed by atoms with Crippen molar-refractivity contribution in [2.75, 3.05) is 19.5 Å². The van der Waals surface area contributed by atoms with Crippen molar-refractivity contribution >= 4 is 11.6 Å². The zero-order valence-corrected chi connectivity index (χ0v) is 12.9. The highest BCUT2D eigenvalue weighted by molar-refractivity contribution is 5.98. The first kappa shape index (κ1) is 16.3. The van der Waals surface area contributed by atoms with Crippen LogP contribution in [-0.2, 0) is 4.79 Å². The molecule has 20 heavy (non-hydrogen) atoms. The summed E-state index contributed by atoms with van der Waals surface area (Å²) in [5, 5.41) is 2.88. The smallest absolute Gasteiger partial charge is 0.244 e. The summed E-state index contributed by atoms with van der Waals surface area (Å²) in [7, 11) is 3.14. The molecule has 0 saturated heterocycles. The lowest BCUT2D eigenvalue weighted by atomic mass is 9.93. The second-order valence-electron chi connectivity index (χ2n) is 4.84. The Morgan fingerprint density at radius 1 is 1.20 bits per heavy atom. The number of hydrogen-bond acceptors (Lipinski definition) is 4. The highest BCUT2D eigenvalue weighted by Gasteiger charge is 2.30. The lowest BCUT2D eigenvalue weighted by Crippen LogP contribution is -2.50. The third kappa shape index (κ3) is 3.22. The lowest BCUT2D eigenvalue weighted by molar-refractivity contribution is -0.121. The van der Waals surface area contributed by atoms with Crippen LogP contribution in [0.3, 0.4) is 0 Å². The Morgan fingerprint density at radius 2 is 1.70 bits per heavy atom. The van der Waals surface area contributed by atoms with E-state index in [1.165, 1.54) is 0 Å². The normalized spacial score (nSPS) is 11.1. The number of carbonyl (C=O) groups is 1. The molecule has 0 bridgehead atoms. The molecule has 0 heterocycles. The predicted molar refractivity (Wildman–Crippen MR) is 80.4 cm³/mol. The SMILES string of the molecule is CCC(N)(CC)C(=O)Nc1cc(OC)c(OC)cc1C. The van der Waals surface area contributed by atoms with Gasteiger partial charge in [0.15, 0.2) is 11.5 Å². The summed E-state index contributed by atoms with van der Waals surface area (Å²) in [6.45, 7) is 5.71. The molecule has 5 heteroatoms. The van der Waals surface area contributed by atoms with Gasteiger partial charge in [0.1, 0.15) is 0 Å². The van der Waals surface area contributed by atoms with Crippen LogP contribution in [0.5, 0.6) is 11.5 Å². The maximum absolute atomic E-state index is 12.3. The van der Waals surface area contributed by atoms with Gasteiger partial charge in [-0.15, -0.1) is 0 Å². The van der Waals surface area contributed by atoms with E-state index in [1.807, 2.05) is 26.8 Å². The maximum Gasteiger partial charge on any atom is 0.244 e. The van der Waals surface area contributed by atoms with Crippen molar-refractivity contribution in [2.24, 2.45) is 5.73 Å². The van der Waals surface area contributed by atoms with E-state index in [1.54, 1.807) is 20.3 Å². The summed E-state index contributed by atoms with van der Waals surface area (Å²) in [6.07, 6.45) is 1.17. The van der Waals surface area contributed by atoms with Gasteiger partial charge in [0.05, 0.1) is 19.8 Å². The first-order valence-corrected chi connectivity index (χ1v) is 6.74. The van der Waals surface area contributed by atoms with Crippen molar-refractivity contribution in [3.8, 4) is 11.5 Å². The Hall–Kier alpha value is -1.75. The average Bonchev–Trinajstić information content (AvgIpc) is 2.47. The Kier molecular flexibility index (Phi) is 5.39. The van der Waals surface area contributed by atoms with E-state index in [0.29, 0.717) is 30.0 Å². The molecule has 0 radical (unpaired) electrons. The number of anilines is 1. The van der Waals surface area contributed by atoms with E-state index in [4.69, 9.17) is 15.2 Å². The summed E-state index contributed by atoms with van der Waals surface area (Å²) in [5.41, 5.74) is 6.83. The van der Waals surface area contributed by atoms with Crippen LogP contribution in [0.25, 0.3) is 0 Å². The number of nitrogens with one attached hydrogen (secondary N) is 1. The van der Waals surface area contributed by atoms with E-state index >= 15 is 0 Å². The number of methoxy groups -OCH3 is 2. The van der Waals surface area contributed by atoms with E-state index in [-0.39, 0.29) is 5.91 Å². The summed E-state index contributed by atoms with van der Waals surface area (Å²) < 4.78 is 10.5. The maximum atomic E-state index is 12.3. The van der Waals surface area contributed by atoms with Gasteiger partial charge in [-0.2, -0.15) is 0 Å². The van der Waals surface area contributed by atoms with Crippen LogP contribution < -0.4 is 20.5 Å². The van der Waals surface area contributed by atoms with Crippen molar-refractivity contribution in [3.05, 3.63) is 17.7 Å². The number of rotatable bonds is 6. The number of hydrogen-bond donors (Lipinski definition) is 2. The minimum atomic E-state index is -0.848. The fraction of sp³-hybridized carbons (Fsp3) is 0.533. The molecule has 0 aliphatic carbocycles. The first-order valence-electron chi connectivity index (χ1n) is 6.74. The highest BCUT2D eigenvalue weighted by atomic mass is 16.5. The van der Waals surface area contributed by atoms with Crippen LogP contribution in [-0.4, -0.2) is 25.7 Å².